The van der Waals surface area contributed by atoms with Crippen molar-refractivity contribution in [3.05, 3.63) is 12.3 Å². The van der Waals surface area contributed by atoms with Crippen LogP contribution in [0.1, 0.15) is 13.3 Å². The van der Waals surface area contributed by atoms with Gasteiger partial charge in [0.25, 0.3) is 6.47 Å². The van der Waals surface area contributed by atoms with Gasteiger partial charge in [-0.2, -0.15) is 0 Å². The van der Waals surface area contributed by atoms with E-state index in [1.165, 1.54) is 0 Å². The Morgan fingerprint density at radius 3 is 3.00 bits per heavy atom. The van der Waals surface area contributed by atoms with Crippen molar-refractivity contribution < 1.29 is 9.53 Å². The largest absolute Gasteiger partial charge is 0.444 e. The van der Waals surface area contributed by atoms with Gasteiger partial charge in [0.05, 0.1) is 0 Å². The summed E-state index contributed by atoms with van der Waals surface area (Å²) in [4.78, 5) is 9.92. The van der Waals surface area contributed by atoms with Crippen molar-refractivity contribution in [2.75, 3.05) is 0 Å². The highest BCUT2D eigenvalue weighted by atomic mass is 16.5. The smallest absolute Gasteiger partial charge is 0.295 e. The van der Waals surface area contributed by atoms with Crippen LogP contribution in [-0.2, 0) is 9.53 Å². The van der Waals surface area contributed by atoms with Crippen LogP contribution < -0.4 is 5.32 Å². The van der Waals surface area contributed by atoms with Gasteiger partial charge in [-0.05, 0) is 6.42 Å². The first-order valence-corrected chi connectivity index (χ1v) is 3.27. The van der Waals surface area contributed by atoms with E-state index in [-0.39, 0.29) is 6.23 Å². The van der Waals surface area contributed by atoms with Crippen molar-refractivity contribution in [1.29, 1.82) is 0 Å². The Labute approximate surface area is 60.1 Å². The maximum atomic E-state index is 9.92. The molecule has 0 bridgehead atoms. The quantitative estimate of drug-likeness (QED) is 0.573. The zero-order valence-electron chi connectivity index (χ0n) is 5.96. The van der Waals surface area contributed by atoms with Crippen molar-refractivity contribution in [3.8, 4) is 0 Å². The van der Waals surface area contributed by atoms with Gasteiger partial charge in [-0.3, -0.25) is 4.79 Å². The van der Waals surface area contributed by atoms with E-state index in [0.29, 0.717) is 12.4 Å². The lowest BCUT2D eigenvalue weighted by molar-refractivity contribution is -0.135. The molecule has 3 heteroatoms. The Balaban J connectivity index is 2.45. The number of carbonyl (C=O) groups is 1. The summed E-state index contributed by atoms with van der Waals surface area (Å²) in [6.45, 7) is 6.21. The van der Waals surface area contributed by atoms with E-state index in [1.807, 2.05) is 6.92 Å². The summed E-state index contributed by atoms with van der Waals surface area (Å²) in [6.07, 6.45) is 0.725. The van der Waals surface area contributed by atoms with Gasteiger partial charge in [-0.15, -0.1) is 0 Å². The average molecular weight is 141 g/mol. The second-order valence-corrected chi connectivity index (χ2v) is 2.58. The number of hydrogen-bond donors (Lipinski definition) is 1. The molecule has 0 aliphatic carbocycles. The van der Waals surface area contributed by atoms with Gasteiger partial charge < -0.3 is 10.1 Å². The number of nitrogens with one attached hydrogen (secondary N) is 1. The summed E-state index contributed by atoms with van der Waals surface area (Å²) in [6, 6.07) is 0. The summed E-state index contributed by atoms with van der Waals surface area (Å²) in [7, 11) is 0. The molecule has 0 amide bonds. The standard InChI is InChI=1S/C7H11NO2/c1-5-3-6(2)8-7(5)10-4-9/h4-5,7-8H,2-3H2,1H3/t5-,7+/m0/s1. The van der Waals surface area contributed by atoms with E-state index in [4.69, 9.17) is 4.74 Å². The van der Waals surface area contributed by atoms with Crippen LogP contribution in [0.3, 0.4) is 0 Å². The Bertz CT molecular complexity index is 156. The van der Waals surface area contributed by atoms with E-state index < -0.39 is 0 Å². The minimum atomic E-state index is -0.162. The number of ether oxygens (including phenoxy) is 1. The highest BCUT2D eigenvalue weighted by Gasteiger charge is 2.25. The summed E-state index contributed by atoms with van der Waals surface area (Å²) in [5.41, 5.74) is 0.944. The van der Waals surface area contributed by atoms with Crippen LogP contribution in [0.15, 0.2) is 12.3 Å². The van der Waals surface area contributed by atoms with Crippen LogP contribution >= 0.6 is 0 Å². The zero-order chi connectivity index (χ0) is 7.56. The molecule has 1 heterocycles. The number of rotatable bonds is 2. The van der Waals surface area contributed by atoms with Gasteiger partial charge in [0, 0.05) is 11.6 Å². The molecule has 0 spiro atoms. The molecule has 0 aromatic rings. The lowest BCUT2D eigenvalue weighted by Gasteiger charge is -2.11. The Morgan fingerprint density at radius 1 is 1.90 bits per heavy atom. The summed E-state index contributed by atoms with van der Waals surface area (Å²) in [5.74, 6) is 0.345. The summed E-state index contributed by atoms with van der Waals surface area (Å²) in [5, 5.41) is 2.96. The monoisotopic (exact) mass is 141 g/mol. The van der Waals surface area contributed by atoms with Gasteiger partial charge in [0.1, 0.15) is 0 Å². The maximum absolute atomic E-state index is 9.92. The second kappa shape index (κ2) is 2.73. The van der Waals surface area contributed by atoms with E-state index >= 15 is 0 Å². The van der Waals surface area contributed by atoms with E-state index in [9.17, 15) is 4.79 Å². The minimum absolute atomic E-state index is 0.162. The molecule has 1 aliphatic rings. The van der Waals surface area contributed by atoms with Gasteiger partial charge in [0.2, 0.25) is 0 Å². The third-order valence-electron chi connectivity index (χ3n) is 1.63. The van der Waals surface area contributed by atoms with Crippen LogP contribution in [0.25, 0.3) is 0 Å². The highest BCUT2D eigenvalue weighted by Crippen LogP contribution is 2.21. The summed E-state index contributed by atoms with van der Waals surface area (Å²) >= 11 is 0. The topological polar surface area (TPSA) is 38.3 Å². The van der Waals surface area contributed by atoms with Crippen LogP contribution in [-0.4, -0.2) is 12.7 Å². The molecule has 0 aromatic heterocycles. The van der Waals surface area contributed by atoms with E-state index in [2.05, 4.69) is 11.9 Å². The molecule has 1 N–H and O–H groups in total. The number of hydrogen-bond acceptors (Lipinski definition) is 3. The van der Waals surface area contributed by atoms with Crippen LogP contribution in [0.2, 0.25) is 0 Å². The molecule has 1 aliphatic heterocycles. The van der Waals surface area contributed by atoms with Crippen molar-refractivity contribution in [1.82, 2.24) is 5.32 Å². The predicted octanol–water partition coefficient (Wildman–Crippen LogP) is 0.629. The van der Waals surface area contributed by atoms with Gasteiger partial charge in [-0.1, -0.05) is 13.5 Å². The number of allylic oxidation sites excluding steroid dienone is 1. The van der Waals surface area contributed by atoms with E-state index in [1.54, 1.807) is 0 Å². The normalized spacial score (nSPS) is 31.5. The van der Waals surface area contributed by atoms with Crippen molar-refractivity contribution in [3.63, 3.8) is 0 Å². The fourth-order valence-corrected chi connectivity index (χ4v) is 1.13. The SMILES string of the molecule is C=C1C[C@H](C)[C@@H](OC=O)N1. The van der Waals surface area contributed by atoms with Gasteiger partial charge in [-0.25, -0.2) is 0 Å². The molecule has 1 saturated heterocycles. The Kier molecular flexibility index (Phi) is 1.94. The lowest BCUT2D eigenvalue weighted by atomic mass is 10.1. The first-order chi connectivity index (χ1) is 4.74. The first-order valence-electron chi connectivity index (χ1n) is 3.27. The van der Waals surface area contributed by atoms with Crippen LogP contribution in [0.5, 0.6) is 0 Å². The van der Waals surface area contributed by atoms with E-state index in [0.717, 1.165) is 12.1 Å². The molecular weight excluding hydrogens is 130 g/mol. The van der Waals surface area contributed by atoms with Crippen LogP contribution in [0.4, 0.5) is 0 Å². The maximum Gasteiger partial charge on any atom is 0.295 e. The molecule has 1 fully saturated rings. The molecular formula is C7H11NO2. The lowest BCUT2D eigenvalue weighted by Crippen LogP contribution is -2.27. The van der Waals surface area contributed by atoms with Gasteiger partial charge >= 0.3 is 0 Å². The highest BCUT2D eigenvalue weighted by molar-refractivity contribution is 5.37. The molecule has 0 saturated carbocycles. The molecule has 3 nitrogen and oxygen atoms in total. The molecule has 10 heavy (non-hydrogen) atoms. The first kappa shape index (κ1) is 7.12. The zero-order valence-corrected chi connectivity index (χ0v) is 5.96. The van der Waals surface area contributed by atoms with Crippen molar-refractivity contribution in [2.24, 2.45) is 5.92 Å². The molecule has 56 valence electrons. The molecule has 2 atom stereocenters. The van der Waals surface area contributed by atoms with Crippen molar-refractivity contribution >= 4 is 6.47 Å². The third-order valence-corrected chi connectivity index (χ3v) is 1.63. The van der Waals surface area contributed by atoms with Crippen LogP contribution in [0, 0.1) is 5.92 Å². The third kappa shape index (κ3) is 1.29. The van der Waals surface area contributed by atoms with Gasteiger partial charge in [0.15, 0.2) is 6.23 Å². The fraction of sp³-hybridized carbons (Fsp3) is 0.571. The Hall–Kier alpha value is -0.990. The second-order valence-electron chi connectivity index (χ2n) is 2.58. The molecule has 0 aromatic carbocycles. The molecule has 0 radical (unpaired) electrons. The minimum Gasteiger partial charge on any atom is -0.444 e. The number of carbonyl (C=O) groups excluding carboxylic acids is 1. The average Bonchev–Trinajstić information content (AvgIpc) is 2.13. The molecule has 0 unspecified atom stereocenters. The predicted molar refractivity (Wildman–Crippen MR) is 37.0 cm³/mol. The fourth-order valence-electron chi connectivity index (χ4n) is 1.13. The van der Waals surface area contributed by atoms with Crippen molar-refractivity contribution in [2.45, 2.75) is 19.6 Å². The summed E-state index contributed by atoms with van der Waals surface area (Å²) < 4.78 is 4.73. The molecule has 1 rings (SSSR count). The Morgan fingerprint density at radius 2 is 2.60 bits per heavy atom.